The van der Waals surface area contributed by atoms with Gasteiger partial charge in [0.1, 0.15) is 12.2 Å². The zero-order valence-electron chi connectivity index (χ0n) is 16.3. The number of aromatic amines is 1. The second kappa shape index (κ2) is 8.88. The molecule has 0 spiro atoms. The standard InChI is InChI=1S/C18H20F3N3O5S/c1-4-13-14(17(26)29-3)10(2)15(24-13)16(25)23-11-5-7-12(8-6-11)30(27,28)22-9-18(19,20)21/h5-8,22,24H,4,9H2,1-3H3,(H,23,25). The summed E-state index contributed by atoms with van der Waals surface area (Å²) < 4.78 is 66.7. The number of sulfonamides is 1. The van der Waals surface area contributed by atoms with E-state index in [1.165, 1.54) is 24.0 Å². The Balaban J connectivity index is 2.19. The number of H-pyrrole nitrogens is 1. The maximum Gasteiger partial charge on any atom is 0.402 e. The first-order valence-electron chi connectivity index (χ1n) is 8.67. The van der Waals surface area contributed by atoms with Gasteiger partial charge in [0.15, 0.2) is 0 Å². The van der Waals surface area contributed by atoms with Crippen molar-refractivity contribution in [2.75, 3.05) is 19.0 Å². The molecular formula is C18H20F3N3O5S. The van der Waals surface area contributed by atoms with Crippen molar-refractivity contribution in [2.24, 2.45) is 0 Å². The molecule has 0 unspecified atom stereocenters. The van der Waals surface area contributed by atoms with Crippen molar-refractivity contribution < 1.29 is 35.9 Å². The molecule has 1 aromatic heterocycles. The summed E-state index contributed by atoms with van der Waals surface area (Å²) in [5.74, 6) is -1.16. The summed E-state index contributed by atoms with van der Waals surface area (Å²) >= 11 is 0. The lowest BCUT2D eigenvalue weighted by Gasteiger charge is -2.10. The molecule has 0 aliphatic rings. The van der Waals surface area contributed by atoms with Crippen molar-refractivity contribution in [3.05, 3.63) is 46.8 Å². The molecule has 0 saturated carbocycles. The number of nitrogens with one attached hydrogen (secondary N) is 3. The molecule has 0 aliphatic heterocycles. The Kier molecular flexibility index (Phi) is 6.93. The van der Waals surface area contributed by atoms with Crippen LogP contribution in [0.15, 0.2) is 29.2 Å². The van der Waals surface area contributed by atoms with Crippen molar-refractivity contribution in [1.29, 1.82) is 0 Å². The third-order valence-corrected chi connectivity index (χ3v) is 5.60. The molecule has 0 atom stereocenters. The number of benzene rings is 1. The van der Waals surface area contributed by atoms with Crippen LogP contribution in [0.5, 0.6) is 0 Å². The molecule has 164 valence electrons. The first-order valence-corrected chi connectivity index (χ1v) is 10.2. The zero-order valence-corrected chi connectivity index (χ0v) is 17.1. The molecule has 1 heterocycles. The van der Waals surface area contributed by atoms with Crippen LogP contribution in [0, 0.1) is 6.92 Å². The molecular weight excluding hydrogens is 427 g/mol. The van der Waals surface area contributed by atoms with Crippen LogP contribution in [0.4, 0.5) is 18.9 Å². The second-order valence-electron chi connectivity index (χ2n) is 6.24. The zero-order chi connectivity index (χ0) is 22.7. The number of carbonyl (C=O) groups is 2. The van der Waals surface area contributed by atoms with Gasteiger partial charge in [-0.15, -0.1) is 0 Å². The smallest absolute Gasteiger partial charge is 0.402 e. The molecule has 1 aromatic carbocycles. The predicted octanol–water partition coefficient (Wildman–Crippen LogP) is 2.77. The minimum atomic E-state index is -4.69. The van der Waals surface area contributed by atoms with E-state index >= 15 is 0 Å². The molecule has 0 fully saturated rings. The number of alkyl halides is 3. The lowest BCUT2D eigenvalue weighted by molar-refractivity contribution is -0.121. The van der Waals surface area contributed by atoms with Crippen molar-refractivity contribution in [3.63, 3.8) is 0 Å². The Bertz CT molecular complexity index is 1040. The van der Waals surface area contributed by atoms with Crippen LogP contribution < -0.4 is 10.0 Å². The summed E-state index contributed by atoms with van der Waals surface area (Å²) in [5, 5.41) is 2.54. The highest BCUT2D eigenvalue weighted by Crippen LogP contribution is 2.22. The Morgan fingerprint density at radius 2 is 1.77 bits per heavy atom. The summed E-state index contributed by atoms with van der Waals surface area (Å²) in [5.41, 5.74) is 1.54. The Hall–Kier alpha value is -2.86. The van der Waals surface area contributed by atoms with Gasteiger partial charge in [-0.05, 0) is 43.2 Å². The van der Waals surface area contributed by atoms with Crippen LogP contribution in [0.25, 0.3) is 0 Å². The number of rotatable bonds is 7. The summed E-state index contributed by atoms with van der Waals surface area (Å²) in [6.45, 7) is 1.69. The van der Waals surface area contributed by atoms with Gasteiger partial charge in [0.25, 0.3) is 5.91 Å². The van der Waals surface area contributed by atoms with Gasteiger partial charge < -0.3 is 15.0 Å². The van der Waals surface area contributed by atoms with E-state index in [4.69, 9.17) is 4.74 Å². The van der Waals surface area contributed by atoms with Gasteiger partial charge in [-0.2, -0.15) is 13.2 Å². The van der Waals surface area contributed by atoms with Crippen LogP contribution in [0.2, 0.25) is 0 Å². The van der Waals surface area contributed by atoms with E-state index in [1.807, 2.05) is 0 Å². The number of aromatic nitrogens is 1. The van der Waals surface area contributed by atoms with Crippen molar-refractivity contribution in [2.45, 2.75) is 31.3 Å². The first-order chi connectivity index (χ1) is 13.9. The average molecular weight is 447 g/mol. The van der Waals surface area contributed by atoms with E-state index in [-0.39, 0.29) is 21.8 Å². The molecule has 2 rings (SSSR count). The fourth-order valence-electron chi connectivity index (χ4n) is 2.70. The minimum absolute atomic E-state index is 0.135. The van der Waals surface area contributed by atoms with Crippen LogP contribution in [0.1, 0.15) is 39.0 Å². The summed E-state index contributed by atoms with van der Waals surface area (Å²) in [7, 11) is -3.13. The number of aryl methyl sites for hydroxylation is 1. The first kappa shape index (κ1) is 23.4. The molecule has 1 amide bonds. The Labute approximate surface area is 170 Å². The van der Waals surface area contributed by atoms with E-state index in [0.29, 0.717) is 17.7 Å². The summed E-state index contributed by atoms with van der Waals surface area (Å²) in [6, 6.07) is 4.60. The van der Waals surface area contributed by atoms with Crippen LogP contribution >= 0.6 is 0 Å². The van der Waals surface area contributed by atoms with E-state index in [2.05, 4.69) is 10.3 Å². The van der Waals surface area contributed by atoms with Crippen molar-refractivity contribution in [3.8, 4) is 0 Å². The van der Waals surface area contributed by atoms with Crippen LogP contribution in [-0.2, 0) is 21.2 Å². The third kappa shape index (κ3) is 5.39. The molecule has 3 N–H and O–H groups in total. The minimum Gasteiger partial charge on any atom is -0.465 e. The molecule has 2 aromatic rings. The van der Waals surface area contributed by atoms with Crippen LogP contribution in [0.3, 0.4) is 0 Å². The van der Waals surface area contributed by atoms with Crippen molar-refractivity contribution in [1.82, 2.24) is 9.71 Å². The molecule has 0 aliphatic carbocycles. The molecule has 0 saturated heterocycles. The van der Waals surface area contributed by atoms with E-state index in [9.17, 15) is 31.2 Å². The number of amides is 1. The van der Waals surface area contributed by atoms with Crippen molar-refractivity contribution >= 4 is 27.6 Å². The molecule has 30 heavy (non-hydrogen) atoms. The van der Waals surface area contributed by atoms with Gasteiger partial charge in [-0.3, -0.25) is 4.79 Å². The summed E-state index contributed by atoms with van der Waals surface area (Å²) in [4.78, 5) is 27.0. The number of ether oxygens (including phenoxy) is 1. The Morgan fingerprint density at radius 3 is 2.27 bits per heavy atom. The maximum absolute atomic E-state index is 12.6. The number of hydrogen-bond donors (Lipinski definition) is 3. The monoisotopic (exact) mass is 447 g/mol. The van der Waals surface area contributed by atoms with E-state index in [1.54, 1.807) is 13.8 Å². The highest BCUT2D eigenvalue weighted by Gasteiger charge is 2.30. The number of hydrogen-bond acceptors (Lipinski definition) is 5. The average Bonchev–Trinajstić information content (AvgIpc) is 3.02. The Morgan fingerprint density at radius 1 is 1.17 bits per heavy atom. The fraction of sp³-hybridized carbons (Fsp3) is 0.333. The van der Waals surface area contributed by atoms with Gasteiger partial charge >= 0.3 is 12.1 Å². The quantitative estimate of drug-likeness (QED) is 0.565. The van der Waals surface area contributed by atoms with Gasteiger partial charge in [0.05, 0.1) is 17.6 Å². The number of anilines is 1. The molecule has 8 nitrogen and oxygen atoms in total. The highest BCUT2D eigenvalue weighted by molar-refractivity contribution is 7.89. The van der Waals surface area contributed by atoms with Crippen LogP contribution in [-0.4, -0.2) is 45.1 Å². The SMILES string of the molecule is CCc1[nH]c(C(=O)Nc2ccc(S(=O)(=O)NCC(F)(F)F)cc2)c(C)c1C(=O)OC. The highest BCUT2D eigenvalue weighted by atomic mass is 32.2. The number of esters is 1. The van der Waals surface area contributed by atoms with E-state index in [0.717, 1.165) is 12.1 Å². The second-order valence-corrected chi connectivity index (χ2v) is 8.01. The summed E-state index contributed by atoms with van der Waals surface area (Å²) in [6.07, 6.45) is -4.23. The van der Waals surface area contributed by atoms with Gasteiger partial charge in [-0.1, -0.05) is 6.92 Å². The van der Waals surface area contributed by atoms with E-state index < -0.39 is 34.6 Å². The molecule has 12 heteroatoms. The maximum atomic E-state index is 12.6. The van der Waals surface area contributed by atoms with Gasteiger partial charge in [0.2, 0.25) is 10.0 Å². The third-order valence-electron chi connectivity index (χ3n) is 4.18. The largest absolute Gasteiger partial charge is 0.465 e. The number of carbonyl (C=O) groups excluding carboxylic acids is 2. The topological polar surface area (TPSA) is 117 Å². The van der Waals surface area contributed by atoms with Gasteiger partial charge in [0, 0.05) is 11.4 Å². The molecule has 0 bridgehead atoms. The van der Waals surface area contributed by atoms with Gasteiger partial charge in [-0.25, -0.2) is 17.9 Å². The number of methoxy groups -OCH3 is 1. The lowest BCUT2D eigenvalue weighted by Crippen LogP contribution is -2.33. The normalized spacial score (nSPS) is 11.9. The number of halogens is 3. The lowest BCUT2D eigenvalue weighted by atomic mass is 10.1. The molecule has 0 radical (unpaired) electrons. The predicted molar refractivity (Wildman–Crippen MR) is 102 cm³/mol. The fourth-order valence-corrected chi connectivity index (χ4v) is 3.71.